The Kier molecular flexibility index (Phi) is 4.47. The Morgan fingerprint density at radius 3 is 2.79 bits per heavy atom. The summed E-state index contributed by atoms with van der Waals surface area (Å²) in [6, 6.07) is 4.85. The third-order valence-corrected chi connectivity index (χ3v) is 4.37. The van der Waals surface area contributed by atoms with Gasteiger partial charge in [-0.15, -0.1) is 0 Å². The summed E-state index contributed by atoms with van der Waals surface area (Å²) in [5.74, 6) is -0.0525. The molecule has 0 saturated carbocycles. The summed E-state index contributed by atoms with van der Waals surface area (Å²) in [6.45, 7) is 4.88. The molecule has 1 aromatic carbocycles. The predicted octanol–water partition coefficient (Wildman–Crippen LogP) is 2.27. The van der Waals surface area contributed by atoms with E-state index in [1.165, 1.54) is 6.07 Å². The molecule has 0 atom stereocenters. The minimum Gasteiger partial charge on any atom is -0.507 e. The van der Waals surface area contributed by atoms with Crippen LogP contribution in [0.5, 0.6) is 5.75 Å². The van der Waals surface area contributed by atoms with Gasteiger partial charge in [-0.05, 0) is 65.5 Å². The number of rotatable bonds is 3. The fourth-order valence-electron chi connectivity index (χ4n) is 2.26. The number of amides is 1. The van der Waals surface area contributed by atoms with Gasteiger partial charge in [0.1, 0.15) is 5.75 Å². The molecule has 1 fully saturated rings. The van der Waals surface area contributed by atoms with Crippen LogP contribution >= 0.6 is 15.9 Å². The highest BCUT2D eigenvalue weighted by Crippen LogP contribution is 2.27. The lowest BCUT2D eigenvalue weighted by Gasteiger charge is -2.34. The lowest BCUT2D eigenvalue weighted by molar-refractivity contribution is 0.0922. The van der Waals surface area contributed by atoms with Crippen LogP contribution < -0.4 is 10.6 Å². The number of carbonyl (C=O) groups is 1. The van der Waals surface area contributed by atoms with E-state index in [4.69, 9.17) is 0 Å². The summed E-state index contributed by atoms with van der Waals surface area (Å²) >= 11 is 3.20. The van der Waals surface area contributed by atoms with Crippen molar-refractivity contribution in [2.75, 3.05) is 19.6 Å². The fraction of sp³-hybridized carbons (Fsp3) is 0.500. The zero-order valence-electron chi connectivity index (χ0n) is 11.0. The summed E-state index contributed by atoms with van der Waals surface area (Å²) in [5, 5.41) is 15.9. The molecule has 0 unspecified atom stereocenters. The van der Waals surface area contributed by atoms with Crippen LogP contribution in [-0.4, -0.2) is 30.6 Å². The van der Waals surface area contributed by atoms with Crippen molar-refractivity contribution in [3.63, 3.8) is 0 Å². The molecule has 4 nitrogen and oxygen atoms in total. The zero-order chi connectivity index (χ0) is 13.9. The van der Waals surface area contributed by atoms with E-state index < -0.39 is 0 Å². The highest BCUT2D eigenvalue weighted by atomic mass is 79.9. The molecule has 0 bridgehead atoms. The molecule has 0 radical (unpaired) electrons. The highest BCUT2D eigenvalue weighted by Gasteiger charge is 2.27. The smallest absolute Gasteiger partial charge is 0.251 e. The van der Waals surface area contributed by atoms with E-state index in [1.54, 1.807) is 12.1 Å². The standard InChI is InChI=1S/C14H19BrN2O2/c1-14(4-6-16-7-5-14)9-17-13(19)10-2-3-11(15)12(18)8-10/h2-3,8,16,18H,4-7,9H2,1H3,(H,17,19). The minimum absolute atomic E-state index is 0.0840. The van der Waals surface area contributed by atoms with Gasteiger partial charge in [0.25, 0.3) is 5.91 Å². The number of benzene rings is 1. The van der Waals surface area contributed by atoms with Gasteiger partial charge in [-0.2, -0.15) is 0 Å². The Morgan fingerprint density at radius 1 is 1.47 bits per heavy atom. The monoisotopic (exact) mass is 326 g/mol. The van der Waals surface area contributed by atoms with Crippen LogP contribution in [0.25, 0.3) is 0 Å². The van der Waals surface area contributed by atoms with E-state index in [2.05, 4.69) is 33.5 Å². The lowest BCUT2D eigenvalue weighted by Crippen LogP contribution is -2.42. The average molecular weight is 327 g/mol. The third kappa shape index (κ3) is 3.70. The van der Waals surface area contributed by atoms with Crippen molar-refractivity contribution >= 4 is 21.8 Å². The number of hydrogen-bond donors (Lipinski definition) is 3. The summed E-state index contributed by atoms with van der Waals surface area (Å²) in [7, 11) is 0. The molecule has 1 heterocycles. The van der Waals surface area contributed by atoms with E-state index in [0.29, 0.717) is 16.6 Å². The Labute approximate surface area is 121 Å². The SMILES string of the molecule is CC1(CNC(=O)c2ccc(Br)c(O)c2)CCNCC1. The second-order valence-corrected chi connectivity index (χ2v) is 6.26. The molecule has 2 rings (SSSR count). The van der Waals surface area contributed by atoms with Gasteiger partial charge < -0.3 is 15.7 Å². The Bertz CT molecular complexity index is 471. The maximum atomic E-state index is 12.0. The first-order chi connectivity index (χ1) is 9.00. The third-order valence-electron chi connectivity index (χ3n) is 3.69. The van der Waals surface area contributed by atoms with Gasteiger partial charge in [-0.3, -0.25) is 4.79 Å². The van der Waals surface area contributed by atoms with E-state index >= 15 is 0 Å². The van der Waals surface area contributed by atoms with Gasteiger partial charge in [0.05, 0.1) is 4.47 Å². The molecule has 0 aliphatic carbocycles. The van der Waals surface area contributed by atoms with Crippen LogP contribution in [0.1, 0.15) is 30.1 Å². The van der Waals surface area contributed by atoms with Crippen molar-refractivity contribution in [3.05, 3.63) is 28.2 Å². The molecule has 1 amide bonds. The first kappa shape index (κ1) is 14.3. The zero-order valence-corrected chi connectivity index (χ0v) is 12.6. The molecule has 3 N–H and O–H groups in total. The molecule has 5 heteroatoms. The minimum atomic E-state index is -0.137. The van der Waals surface area contributed by atoms with E-state index in [-0.39, 0.29) is 17.1 Å². The van der Waals surface area contributed by atoms with Crippen molar-refractivity contribution in [3.8, 4) is 5.75 Å². The molecule has 0 aromatic heterocycles. The van der Waals surface area contributed by atoms with Crippen LogP contribution in [0.4, 0.5) is 0 Å². The van der Waals surface area contributed by atoms with Crippen LogP contribution in [0.2, 0.25) is 0 Å². The van der Waals surface area contributed by atoms with E-state index in [9.17, 15) is 9.90 Å². The van der Waals surface area contributed by atoms with Crippen molar-refractivity contribution < 1.29 is 9.90 Å². The van der Waals surface area contributed by atoms with Gasteiger partial charge in [-0.1, -0.05) is 6.92 Å². The number of aromatic hydroxyl groups is 1. The first-order valence-electron chi connectivity index (χ1n) is 6.48. The number of phenolic OH excluding ortho intramolecular Hbond substituents is 1. The molecule has 1 aliphatic rings. The molecule has 0 spiro atoms. The Morgan fingerprint density at radius 2 is 2.16 bits per heavy atom. The molecule has 19 heavy (non-hydrogen) atoms. The Balaban J connectivity index is 1.95. The fourth-order valence-corrected chi connectivity index (χ4v) is 2.50. The average Bonchev–Trinajstić information content (AvgIpc) is 2.40. The Hall–Kier alpha value is -1.07. The molecule has 1 saturated heterocycles. The quantitative estimate of drug-likeness (QED) is 0.798. The second-order valence-electron chi connectivity index (χ2n) is 5.41. The number of phenols is 1. The number of nitrogens with one attached hydrogen (secondary N) is 2. The van der Waals surface area contributed by atoms with Crippen LogP contribution in [0, 0.1) is 5.41 Å². The van der Waals surface area contributed by atoms with Crippen LogP contribution in [0.15, 0.2) is 22.7 Å². The summed E-state index contributed by atoms with van der Waals surface area (Å²) < 4.78 is 0.592. The summed E-state index contributed by atoms with van der Waals surface area (Å²) in [4.78, 5) is 12.0. The lowest BCUT2D eigenvalue weighted by atomic mass is 9.81. The van der Waals surface area contributed by atoms with Crippen molar-refractivity contribution in [1.29, 1.82) is 0 Å². The second kappa shape index (κ2) is 5.92. The van der Waals surface area contributed by atoms with E-state index in [1.807, 2.05) is 0 Å². The number of carbonyl (C=O) groups excluding carboxylic acids is 1. The largest absolute Gasteiger partial charge is 0.507 e. The number of hydrogen-bond acceptors (Lipinski definition) is 3. The van der Waals surface area contributed by atoms with Crippen molar-refractivity contribution in [2.24, 2.45) is 5.41 Å². The van der Waals surface area contributed by atoms with Crippen LogP contribution in [-0.2, 0) is 0 Å². The summed E-state index contributed by atoms with van der Waals surface area (Å²) in [5.41, 5.74) is 0.649. The molecular formula is C14H19BrN2O2. The van der Waals surface area contributed by atoms with Gasteiger partial charge in [-0.25, -0.2) is 0 Å². The summed E-state index contributed by atoms with van der Waals surface area (Å²) in [6.07, 6.45) is 2.14. The number of piperidine rings is 1. The number of halogens is 1. The maximum absolute atomic E-state index is 12.0. The van der Waals surface area contributed by atoms with Crippen molar-refractivity contribution in [1.82, 2.24) is 10.6 Å². The van der Waals surface area contributed by atoms with Gasteiger partial charge in [0.2, 0.25) is 0 Å². The predicted molar refractivity (Wildman–Crippen MR) is 78.4 cm³/mol. The highest BCUT2D eigenvalue weighted by molar-refractivity contribution is 9.10. The van der Waals surface area contributed by atoms with E-state index in [0.717, 1.165) is 25.9 Å². The molecule has 1 aliphatic heterocycles. The van der Waals surface area contributed by atoms with Crippen LogP contribution in [0.3, 0.4) is 0 Å². The van der Waals surface area contributed by atoms with Gasteiger partial charge >= 0.3 is 0 Å². The van der Waals surface area contributed by atoms with Gasteiger partial charge in [0, 0.05) is 12.1 Å². The van der Waals surface area contributed by atoms with Crippen molar-refractivity contribution in [2.45, 2.75) is 19.8 Å². The normalized spacial score (nSPS) is 18.0. The molecular weight excluding hydrogens is 308 g/mol. The topological polar surface area (TPSA) is 61.4 Å². The maximum Gasteiger partial charge on any atom is 0.251 e. The van der Waals surface area contributed by atoms with Gasteiger partial charge in [0.15, 0.2) is 0 Å². The first-order valence-corrected chi connectivity index (χ1v) is 7.27. The molecule has 1 aromatic rings. The molecule has 104 valence electrons.